The van der Waals surface area contributed by atoms with Crippen LogP contribution in [-0.4, -0.2) is 10.3 Å². The van der Waals surface area contributed by atoms with Crippen molar-refractivity contribution in [3.63, 3.8) is 0 Å². The molecule has 4 heteroatoms. The molecule has 0 radical (unpaired) electrons. The van der Waals surface area contributed by atoms with Crippen LogP contribution in [0.25, 0.3) is 11.1 Å². The fourth-order valence-electron chi connectivity index (χ4n) is 1.59. The summed E-state index contributed by atoms with van der Waals surface area (Å²) in [6.45, 7) is 4.13. The maximum Gasteiger partial charge on any atom is 0.229 e. The minimum Gasteiger partial charge on any atom is -0.508 e. The normalized spacial score (nSPS) is 10.9. The number of hydrogen-bond donors (Lipinski definition) is 2. The third-order valence-electron chi connectivity index (χ3n) is 2.52. The molecule has 84 valence electrons. The summed E-state index contributed by atoms with van der Waals surface area (Å²) >= 11 is 0. The number of aromatic nitrogens is 1. The average molecular weight is 218 g/mol. The van der Waals surface area contributed by atoms with Gasteiger partial charge < -0.3 is 15.4 Å². The Bertz CT molecular complexity index is 503. The molecule has 1 aromatic carbocycles. The highest BCUT2D eigenvalue weighted by Gasteiger charge is 2.10. The lowest BCUT2D eigenvalue weighted by molar-refractivity contribution is 0.436. The second-order valence-corrected chi connectivity index (χ2v) is 4.07. The molecule has 0 amide bonds. The fraction of sp³-hybridized carbons (Fsp3) is 0.250. The van der Waals surface area contributed by atoms with Crippen LogP contribution in [0.15, 0.2) is 28.9 Å². The predicted octanol–water partition coefficient (Wildman–Crippen LogP) is 2.75. The van der Waals surface area contributed by atoms with Crippen molar-refractivity contribution in [3.05, 3.63) is 30.0 Å². The first-order valence-corrected chi connectivity index (χ1v) is 5.12. The monoisotopic (exact) mass is 218 g/mol. The van der Waals surface area contributed by atoms with Crippen LogP contribution in [0.3, 0.4) is 0 Å². The Labute approximate surface area is 93.7 Å². The molecule has 1 heterocycles. The zero-order valence-corrected chi connectivity index (χ0v) is 9.27. The molecule has 0 atom stereocenters. The third kappa shape index (κ3) is 1.86. The van der Waals surface area contributed by atoms with Gasteiger partial charge in [-0.1, -0.05) is 25.1 Å². The molecule has 0 aliphatic heterocycles. The third-order valence-corrected chi connectivity index (χ3v) is 2.52. The van der Waals surface area contributed by atoms with E-state index in [2.05, 4.69) is 19.0 Å². The number of aromatic hydroxyl groups is 1. The molecule has 0 spiro atoms. The van der Waals surface area contributed by atoms with Gasteiger partial charge in [-0.2, -0.15) is 0 Å². The van der Waals surface area contributed by atoms with Crippen LogP contribution in [0.1, 0.15) is 25.3 Å². The van der Waals surface area contributed by atoms with Crippen molar-refractivity contribution in [2.75, 3.05) is 5.73 Å². The summed E-state index contributed by atoms with van der Waals surface area (Å²) < 4.78 is 4.81. The zero-order valence-electron chi connectivity index (χ0n) is 9.27. The van der Waals surface area contributed by atoms with Gasteiger partial charge in [0, 0.05) is 0 Å². The van der Waals surface area contributed by atoms with Crippen molar-refractivity contribution in [1.82, 2.24) is 5.16 Å². The first-order chi connectivity index (χ1) is 7.58. The van der Waals surface area contributed by atoms with Gasteiger partial charge in [-0.15, -0.1) is 0 Å². The van der Waals surface area contributed by atoms with E-state index in [4.69, 9.17) is 10.3 Å². The largest absolute Gasteiger partial charge is 0.508 e. The van der Waals surface area contributed by atoms with Crippen LogP contribution in [0.4, 0.5) is 5.88 Å². The smallest absolute Gasteiger partial charge is 0.229 e. The van der Waals surface area contributed by atoms with E-state index in [1.165, 1.54) is 0 Å². The van der Waals surface area contributed by atoms with Crippen LogP contribution >= 0.6 is 0 Å². The number of nitrogen functional groups attached to an aromatic ring is 1. The average Bonchev–Trinajstić information content (AvgIpc) is 2.63. The van der Waals surface area contributed by atoms with E-state index in [1.54, 1.807) is 18.3 Å². The minimum atomic E-state index is 0.224. The molecule has 4 nitrogen and oxygen atoms in total. The first-order valence-electron chi connectivity index (χ1n) is 5.12. The summed E-state index contributed by atoms with van der Waals surface area (Å²) in [5.74, 6) is 0.828. The van der Waals surface area contributed by atoms with Gasteiger partial charge >= 0.3 is 0 Å². The molecule has 0 saturated heterocycles. The number of phenols is 1. The van der Waals surface area contributed by atoms with E-state index in [0.29, 0.717) is 11.5 Å². The molecule has 2 rings (SSSR count). The lowest BCUT2D eigenvalue weighted by atomic mass is 9.98. The molecule has 0 fully saturated rings. The van der Waals surface area contributed by atoms with Gasteiger partial charge in [0.1, 0.15) is 5.75 Å². The summed E-state index contributed by atoms with van der Waals surface area (Å²) in [5.41, 5.74) is 8.22. The molecule has 0 aliphatic rings. The second-order valence-electron chi connectivity index (χ2n) is 4.07. The molecule has 0 saturated carbocycles. The maximum absolute atomic E-state index is 9.64. The molecular formula is C12H14N2O2. The quantitative estimate of drug-likeness (QED) is 0.812. The fourth-order valence-corrected chi connectivity index (χ4v) is 1.59. The topological polar surface area (TPSA) is 72.3 Å². The molecule has 0 aliphatic carbocycles. The van der Waals surface area contributed by atoms with Crippen molar-refractivity contribution in [2.45, 2.75) is 19.8 Å². The van der Waals surface area contributed by atoms with Gasteiger partial charge in [0.2, 0.25) is 5.88 Å². The molecule has 1 aromatic heterocycles. The van der Waals surface area contributed by atoms with Crippen molar-refractivity contribution in [1.29, 1.82) is 0 Å². The number of phenolic OH excluding ortho intramolecular Hbond substituents is 1. The van der Waals surface area contributed by atoms with Crippen LogP contribution in [0.2, 0.25) is 0 Å². The molecule has 0 unspecified atom stereocenters. The van der Waals surface area contributed by atoms with Gasteiger partial charge in [0.05, 0.1) is 11.8 Å². The summed E-state index contributed by atoms with van der Waals surface area (Å²) in [7, 11) is 0. The predicted molar refractivity (Wildman–Crippen MR) is 62.1 cm³/mol. The van der Waals surface area contributed by atoms with Gasteiger partial charge in [-0.25, -0.2) is 0 Å². The Balaban J connectivity index is 2.54. The molecule has 3 N–H and O–H groups in total. The van der Waals surface area contributed by atoms with Gasteiger partial charge in [0.15, 0.2) is 0 Å². The van der Waals surface area contributed by atoms with Crippen LogP contribution in [0, 0.1) is 0 Å². The first kappa shape index (κ1) is 10.5. The standard InChI is InChI=1S/C12H14N2O2/c1-7(2)8-3-9(5-10(15)4-8)11-6-14-16-12(11)13/h3-7,15H,13H2,1-2H3. The number of anilines is 1. The van der Waals surface area contributed by atoms with E-state index in [0.717, 1.165) is 11.1 Å². The van der Waals surface area contributed by atoms with Crippen LogP contribution < -0.4 is 5.73 Å². The SMILES string of the molecule is CC(C)c1cc(O)cc(-c2cnoc2N)c1. The van der Waals surface area contributed by atoms with Crippen molar-refractivity contribution >= 4 is 5.88 Å². The van der Waals surface area contributed by atoms with Gasteiger partial charge in [-0.05, 0) is 29.2 Å². The zero-order chi connectivity index (χ0) is 11.7. The van der Waals surface area contributed by atoms with Gasteiger partial charge in [0.25, 0.3) is 0 Å². The lowest BCUT2D eigenvalue weighted by Crippen LogP contribution is -1.90. The van der Waals surface area contributed by atoms with E-state index in [9.17, 15) is 5.11 Å². The second kappa shape index (κ2) is 3.89. The summed E-state index contributed by atoms with van der Waals surface area (Å²) in [6.07, 6.45) is 1.55. The molecule has 16 heavy (non-hydrogen) atoms. The molecule has 0 bridgehead atoms. The number of nitrogens with zero attached hydrogens (tertiary/aromatic N) is 1. The summed E-state index contributed by atoms with van der Waals surface area (Å²) in [4.78, 5) is 0. The van der Waals surface area contributed by atoms with Crippen LogP contribution in [-0.2, 0) is 0 Å². The Morgan fingerprint density at radius 3 is 2.62 bits per heavy atom. The Morgan fingerprint density at radius 1 is 1.31 bits per heavy atom. The number of nitrogens with two attached hydrogens (primary N) is 1. The van der Waals surface area contributed by atoms with Crippen LogP contribution in [0.5, 0.6) is 5.75 Å². The lowest BCUT2D eigenvalue weighted by Gasteiger charge is -2.08. The Hall–Kier alpha value is -1.97. The van der Waals surface area contributed by atoms with E-state index < -0.39 is 0 Å². The van der Waals surface area contributed by atoms with E-state index >= 15 is 0 Å². The number of hydrogen-bond acceptors (Lipinski definition) is 4. The Morgan fingerprint density at radius 2 is 2.06 bits per heavy atom. The highest BCUT2D eigenvalue weighted by Crippen LogP contribution is 2.31. The minimum absolute atomic E-state index is 0.224. The Kier molecular flexibility index (Phi) is 2.56. The number of rotatable bonds is 2. The highest BCUT2D eigenvalue weighted by atomic mass is 16.5. The van der Waals surface area contributed by atoms with Crippen molar-refractivity contribution in [2.24, 2.45) is 0 Å². The number of benzene rings is 1. The summed E-state index contributed by atoms with van der Waals surface area (Å²) in [5, 5.41) is 13.3. The van der Waals surface area contributed by atoms with Crippen molar-refractivity contribution in [3.8, 4) is 16.9 Å². The van der Waals surface area contributed by atoms with Gasteiger partial charge in [-0.3, -0.25) is 0 Å². The molecular weight excluding hydrogens is 204 g/mol. The van der Waals surface area contributed by atoms with E-state index in [-0.39, 0.29) is 11.6 Å². The summed E-state index contributed by atoms with van der Waals surface area (Å²) in [6, 6.07) is 5.37. The van der Waals surface area contributed by atoms with E-state index in [1.807, 2.05) is 6.07 Å². The molecule has 2 aromatic rings. The maximum atomic E-state index is 9.64. The highest BCUT2D eigenvalue weighted by molar-refractivity contribution is 5.73. The van der Waals surface area contributed by atoms with Crippen molar-refractivity contribution < 1.29 is 9.63 Å².